The van der Waals surface area contributed by atoms with Crippen LogP contribution in [0.4, 0.5) is 0 Å². The first-order valence-electron chi connectivity index (χ1n) is 17.2. The molecule has 0 saturated heterocycles. The molecule has 0 N–H and O–H groups in total. The molecule has 0 radical (unpaired) electrons. The number of hydrogen-bond acceptors (Lipinski definition) is 4. The first kappa shape index (κ1) is 29.1. The smallest absolute Gasteiger partial charge is 0.200 e. The number of fused-ring (bicyclic) bond motifs is 10. The summed E-state index contributed by atoms with van der Waals surface area (Å²) in [6.45, 7) is 17.7. The number of hydrogen-bond donors (Lipinski definition) is 0. The van der Waals surface area contributed by atoms with Gasteiger partial charge in [0, 0.05) is 0 Å². The highest BCUT2D eigenvalue weighted by Gasteiger charge is 2.27. The third-order valence-electron chi connectivity index (χ3n) is 10.1. The molecular formula is C42H40N2O4. The summed E-state index contributed by atoms with van der Waals surface area (Å²) in [6.07, 6.45) is 0. The van der Waals surface area contributed by atoms with Crippen LogP contribution < -0.4 is 0 Å². The van der Waals surface area contributed by atoms with Crippen molar-refractivity contribution in [1.82, 2.24) is 8.80 Å². The van der Waals surface area contributed by atoms with Gasteiger partial charge in [0.05, 0.1) is 22.1 Å². The minimum absolute atomic E-state index is 0.344. The minimum atomic E-state index is 0.344. The number of nitrogens with zero attached hydrogens (tertiary/aromatic N) is 2. The van der Waals surface area contributed by atoms with Crippen LogP contribution in [0.3, 0.4) is 0 Å². The molecule has 0 bridgehead atoms. The highest BCUT2D eigenvalue weighted by atomic mass is 16.4. The summed E-state index contributed by atoms with van der Waals surface area (Å²) in [5.74, 6) is 1.38. The normalized spacial score (nSPS) is 12.9. The zero-order valence-electron chi connectivity index (χ0n) is 28.8. The van der Waals surface area contributed by atoms with E-state index in [-0.39, 0.29) is 0 Å². The largest absolute Gasteiger partial charge is 0.449 e. The molecule has 9 rings (SSSR count). The number of aromatic nitrogens is 2. The van der Waals surface area contributed by atoms with Crippen molar-refractivity contribution in [3.63, 3.8) is 0 Å². The first-order valence-corrected chi connectivity index (χ1v) is 17.2. The van der Waals surface area contributed by atoms with Crippen molar-refractivity contribution in [2.75, 3.05) is 0 Å². The summed E-state index contributed by atoms with van der Waals surface area (Å²) in [4.78, 5) is 0. The topological polar surface area (TPSA) is 61.4 Å². The molecular weight excluding hydrogens is 596 g/mol. The van der Waals surface area contributed by atoms with Crippen LogP contribution in [-0.2, 0) is 0 Å². The fraction of sp³-hybridized carbons (Fsp3) is 0.286. The van der Waals surface area contributed by atoms with E-state index in [4.69, 9.17) is 17.7 Å². The van der Waals surface area contributed by atoms with Crippen molar-refractivity contribution in [3.8, 4) is 0 Å². The van der Waals surface area contributed by atoms with E-state index >= 15 is 0 Å². The van der Waals surface area contributed by atoms with E-state index in [0.717, 1.165) is 55.4 Å². The van der Waals surface area contributed by atoms with Gasteiger partial charge < -0.3 is 17.7 Å². The van der Waals surface area contributed by atoms with E-state index in [2.05, 4.69) is 137 Å². The lowest BCUT2D eigenvalue weighted by Crippen LogP contribution is -2.03. The maximum atomic E-state index is 6.96. The fourth-order valence-electron chi connectivity index (χ4n) is 7.23. The quantitative estimate of drug-likeness (QED) is 0.142. The van der Waals surface area contributed by atoms with Crippen LogP contribution in [0.1, 0.15) is 101 Å². The van der Waals surface area contributed by atoms with E-state index in [1.54, 1.807) is 0 Å². The summed E-state index contributed by atoms with van der Waals surface area (Å²) in [7, 11) is 0. The van der Waals surface area contributed by atoms with Gasteiger partial charge in [0.1, 0.15) is 11.0 Å². The van der Waals surface area contributed by atoms with Gasteiger partial charge in [-0.25, -0.2) is 0 Å². The van der Waals surface area contributed by atoms with Gasteiger partial charge in [-0.2, -0.15) is 0 Å². The van der Waals surface area contributed by atoms with Gasteiger partial charge in [0.25, 0.3) is 0 Å². The van der Waals surface area contributed by atoms with Gasteiger partial charge in [-0.1, -0.05) is 79.7 Å². The zero-order valence-corrected chi connectivity index (χ0v) is 28.8. The molecule has 4 heterocycles. The molecule has 9 aromatic rings. The average molecular weight is 637 g/mol. The Balaban J connectivity index is 1.61. The molecule has 4 aromatic heterocycles. The third kappa shape index (κ3) is 4.04. The highest BCUT2D eigenvalue weighted by Crippen LogP contribution is 2.44. The molecule has 0 saturated carbocycles. The molecule has 48 heavy (non-hydrogen) atoms. The average Bonchev–Trinajstić information content (AvgIpc) is 3.08. The third-order valence-corrected chi connectivity index (χ3v) is 10.1. The molecule has 0 aliphatic carbocycles. The maximum absolute atomic E-state index is 6.96. The van der Waals surface area contributed by atoms with Crippen LogP contribution in [-0.4, -0.2) is 8.80 Å². The number of benzene rings is 5. The molecule has 0 aliphatic rings. The first-order chi connectivity index (χ1) is 23.1. The Morgan fingerprint density at radius 2 is 0.583 bits per heavy atom. The summed E-state index contributed by atoms with van der Waals surface area (Å²) < 4.78 is 32.4. The minimum Gasteiger partial charge on any atom is -0.449 e. The van der Waals surface area contributed by atoms with Gasteiger partial charge in [-0.05, 0) is 94.5 Å². The van der Waals surface area contributed by atoms with E-state index < -0.39 is 0 Å². The Labute approximate surface area is 277 Å². The van der Waals surface area contributed by atoms with Crippen molar-refractivity contribution in [3.05, 3.63) is 95.1 Å². The Kier molecular flexibility index (Phi) is 6.18. The second-order valence-corrected chi connectivity index (χ2v) is 14.6. The number of rotatable bonds is 4. The van der Waals surface area contributed by atoms with Crippen LogP contribution >= 0.6 is 0 Å². The summed E-state index contributed by atoms with van der Waals surface area (Å²) in [5, 5.41) is 0. The van der Waals surface area contributed by atoms with Crippen LogP contribution in [0.15, 0.2) is 90.5 Å². The second-order valence-electron chi connectivity index (χ2n) is 14.6. The van der Waals surface area contributed by atoms with Crippen molar-refractivity contribution >= 4 is 77.8 Å². The van der Waals surface area contributed by atoms with Crippen LogP contribution in [0.2, 0.25) is 0 Å². The van der Waals surface area contributed by atoms with E-state index in [9.17, 15) is 0 Å². The van der Waals surface area contributed by atoms with Gasteiger partial charge >= 0.3 is 0 Å². The molecule has 0 fully saturated rings. The summed E-state index contributed by atoms with van der Waals surface area (Å²) in [6, 6.07) is 26.1. The van der Waals surface area contributed by atoms with E-state index in [1.807, 2.05) is 0 Å². The Morgan fingerprint density at radius 3 is 0.792 bits per heavy atom. The lowest BCUT2D eigenvalue weighted by atomic mass is 10.0. The lowest BCUT2D eigenvalue weighted by molar-refractivity contribution is 0.596. The predicted octanol–water partition coefficient (Wildman–Crippen LogP) is 13.1. The van der Waals surface area contributed by atoms with Crippen LogP contribution in [0.25, 0.3) is 77.8 Å². The van der Waals surface area contributed by atoms with Crippen molar-refractivity contribution in [2.45, 2.75) is 79.1 Å². The molecule has 0 unspecified atom stereocenters. The Morgan fingerprint density at radius 1 is 0.354 bits per heavy atom. The summed E-state index contributed by atoms with van der Waals surface area (Å²) >= 11 is 0. The van der Waals surface area contributed by atoms with Gasteiger partial charge in [-0.15, -0.1) is 0 Å². The van der Waals surface area contributed by atoms with E-state index in [0.29, 0.717) is 46.0 Å². The molecule has 6 nitrogen and oxygen atoms in total. The Bertz CT molecular complexity index is 2420. The van der Waals surface area contributed by atoms with Gasteiger partial charge in [0.2, 0.25) is 0 Å². The van der Waals surface area contributed by atoms with Crippen molar-refractivity contribution in [1.29, 1.82) is 0 Å². The molecule has 0 aliphatic heterocycles. The SMILES string of the molecule is CC(C)c1ccc2c(c1)oc1c3oc4cc(C(C)C)ccc4n4c5ccc(C(C)C)cc5oc(c5oc6cc(C(C)C)ccc6n2c15)c34. The van der Waals surface area contributed by atoms with E-state index in [1.165, 1.54) is 22.3 Å². The molecule has 5 aromatic carbocycles. The van der Waals surface area contributed by atoms with Crippen LogP contribution in [0.5, 0.6) is 0 Å². The van der Waals surface area contributed by atoms with Gasteiger partial charge in [0.15, 0.2) is 44.7 Å². The van der Waals surface area contributed by atoms with Crippen molar-refractivity contribution < 1.29 is 17.7 Å². The molecule has 0 atom stereocenters. The molecule has 0 amide bonds. The standard InChI is InChI=1S/C42H40N2O4/c1-21(2)25-9-13-29-33(17-25)45-39-37-41(47-34-18-26(22(3)4)10-14-30(34)43(29)37)42-38-40(39)46-35-19-27(23(5)6)11-15-31(35)44(38)32-16-12-28(24(7)8)20-36(32)48-42/h9-24H,1-8H3. The Hall–Kier alpha value is -5.10. The lowest BCUT2D eigenvalue weighted by Gasteiger charge is -2.20. The predicted molar refractivity (Wildman–Crippen MR) is 196 cm³/mol. The highest BCUT2D eigenvalue weighted by molar-refractivity contribution is 6.20. The fourth-order valence-corrected chi connectivity index (χ4v) is 7.23. The monoisotopic (exact) mass is 636 g/mol. The summed E-state index contributed by atoms with van der Waals surface area (Å²) in [5.41, 5.74) is 15.8. The van der Waals surface area contributed by atoms with Crippen molar-refractivity contribution in [2.24, 2.45) is 0 Å². The van der Waals surface area contributed by atoms with Gasteiger partial charge in [-0.3, -0.25) is 8.80 Å². The zero-order chi connectivity index (χ0) is 33.2. The molecule has 0 spiro atoms. The second kappa shape index (κ2) is 10.2. The molecule has 6 heteroatoms. The van der Waals surface area contributed by atoms with Crippen LogP contribution in [0, 0.1) is 0 Å². The molecule has 242 valence electrons. The maximum Gasteiger partial charge on any atom is 0.200 e.